The molecule has 4 unspecified atom stereocenters. The van der Waals surface area contributed by atoms with Gasteiger partial charge in [0.1, 0.15) is 0 Å². The molecule has 0 aromatic carbocycles. The van der Waals surface area contributed by atoms with Crippen molar-refractivity contribution in [3.8, 4) is 0 Å². The van der Waals surface area contributed by atoms with Gasteiger partial charge in [0.05, 0.1) is 0 Å². The highest BCUT2D eigenvalue weighted by Crippen LogP contribution is 2.40. The topological polar surface area (TPSA) is 53.5 Å². The molecule has 0 aliphatic heterocycles. The van der Waals surface area contributed by atoms with Gasteiger partial charge in [-0.3, -0.25) is 9.20 Å². The maximum Gasteiger partial charge on any atom is 0.191 e. The predicted octanol–water partition coefficient (Wildman–Crippen LogP) is 3.06. The summed E-state index contributed by atoms with van der Waals surface area (Å²) in [6, 6.07) is 0.550. The standard InChI is InChI=1S/C18H35N3OS/c1-18(2,3)23(22)12-11-20-17(19-4)21-16-10-9-14-7-5-6-8-15(14)13-16/h14-16H,5-13H2,1-4H3,(H2,19,20,21). The zero-order valence-electron chi connectivity index (χ0n) is 15.4. The number of hydrogen-bond acceptors (Lipinski definition) is 2. The van der Waals surface area contributed by atoms with Gasteiger partial charge in [-0.1, -0.05) is 25.7 Å². The van der Waals surface area contributed by atoms with Gasteiger partial charge in [-0.2, -0.15) is 0 Å². The SMILES string of the molecule is CN=C(NCCS(=O)C(C)(C)C)NC1CCC2CCCCC2C1. The molecule has 134 valence electrons. The molecule has 2 fully saturated rings. The van der Waals surface area contributed by atoms with E-state index in [2.05, 4.69) is 15.6 Å². The number of fused-ring (bicyclic) bond motifs is 1. The Bertz CT molecular complexity index is 430. The molecule has 2 saturated carbocycles. The van der Waals surface area contributed by atoms with Crippen molar-refractivity contribution in [2.75, 3.05) is 19.3 Å². The van der Waals surface area contributed by atoms with E-state index < -0.39 is 10.8 Å². The molecule has 0 aromatic heterocycles. The number of rotatable bonds is 4. The molecular formula is C18H35N3OS. The molecule has 2 N–H and O–H groups in total. The molecule has 23 heavy (non-hydrogen) atoms. The van der Waals surface area contributed by atoms with Gasteiger partial charge < -0.3 is 10.6 Å². The molecule has 0 saturated heterocycles. The zero-order valence-corrected chi connectivity index (χ0v) is 16.2. The zero-order chi connectivity index (χ0) is 16.9. The highest BCUT2D eigenvalue weighted by molar-refractivity contribution is 7.86. The van der Waals surface area contributed by atoms with Crippen LogP contribution in [0.2, 0.25) is 0 Å². The second-order valence-electron chi connectivity index (χ2n) is 8.12. The molecule has 2 aliphatic rings. The highest BCUT2D eigenvalue weighted by atomic mass is 32.2. The van der Waals surface area contributed by atoms with E-state index in [1.807, 2.05) is 27.8 Å². The normalized spacial score (nSPS) is 30.4. The van der Waals surface area contributed by atoms with Crippen LogP contribution in [0.3, 0.4) is 0 Å². The Morgan fingerprint density at radius 2 is 1.83 bits per heavy atom. The van der Waals surface area contributed by atoms with Crippen LogP contribution in [0, 0.1) is 11.8 Å². The molecule has 0 heterocycles. The Hall–Kier alpha value is -0.580. The Morgan fingerprint density at radius 3 is 2.48 bits per heavy atom. The predicted molar refractivity (Wildman–Crippen MR) is 100 cm³/mol. The first-order valence-electron chi connectivity index (χ1n) is 9.26. The first kappa shape index (κ1) is 18.8. The van der Waals surface area contributed by atoms with Crippen LogP contribution in [-0.4, -0.2) is 40.3 Å². The summed E-state index contributed by atoms with van der Waals surface area (Å²) in [5.74, 6) is 3.43. The largest absolute Gasteiger partial charge is 0.355 e. The van der Waals surface area contributed by atoms with Crippen LogP contribution in [0.5, 0.6) is 0 Å². The molecule has 0 spiro atoms. The average molecular weight is 342 g/mol. The van der Waals surface area contributed by atoms with Gasteiger partial charge in [-0.05, 0) is 51.9 Å². The first-order chi connectivity index (χ1) is 10.9. The van der Waals surface area contributed by atoms with Crippen molar-refractivity contribution in [3.63, 3.8) is 0 Å². The van der Waals surface area contributed by atoms with Gasteiger partial charge in [-0.15, -0.1) is 0 Å². The van der Waals surface area contributed by atoms with Gasteiger partial charge in [0, 0.05) is 40.9 Å². The van der Waals surface area contributed by atoms with Gasteiger partial charge in [-0.25, -0.2) is 0 Å². The van der Waals surface area contributed by atoms with Gasteiger partial charge >= 0.3 is 0 Å². The van der Waals surface area contributed by atoms with Crippen LogP contribution in [0.15, 0.2) is 4.99 Å². The third-order valence-corrected chi connectivity index (χ3v) is 7.31. The molecule has 0 amide bonds. The van der Waals surface area contributed by atoms with E-state index >= 15 is 0 Å². The summed E-state index contributed by atoms with van der Waals surface area (Å²) in [5.41, 5.74) is 0. The van der Waals surface area contributed by atoms with Crippen LogP contribution >= 0.6 is 0 Å². The van der Waals surface area contributed by atoms with Gasteiger partial charge in [0.2, 0.25) is 0 Å². The summed E-state index contributed by atoms with van der Waals surface area (Å²) >= 11 is 0. The van der Waals surface area contributed by atoms with Crippen molar-refractivity contribution < 1.29 is 4.21 Å². The van der Waals surface area contributed by atoms with E-state index in [1.54, 1.807) is 0 Å². The first-order valence-corrected chi connectivity index (χ1v) is 10.6. The van der Waals surface area contributed by atoms with Crippen molar-refractivity contribution in [3.05, 3.63) is 0 Å². The summed E-state index contributed by atoms with van der Waals surface area (Å²) in [7, 11) is 1.01. The van der Waals surface area contributed by atoms with Crippen molar-refractivity contribution in [2.45, 2.75) is 76.5 Å². The van der Waals surface area contributed by atoms with E-state index in [4.69, 9.17) is 0 Å². The number of nitrogens with zero attached hydrogens (tertiary/aromatic N) is 1. The van der Waals surface area contributed by atoms with E-state index in [0.29, 0.717) is 18.3 Å². The Morgan fingerprint density at radius 1 is 1.13 bits per heavy atom. The van der Waals surface area contributed by atoms with Crippen molar-refractivity contribution >= 4 is 16.8 Å². The highest BCUT2D eigenvalue weighted by Gasteiger charge is 2.32. The molecule has 0 radical (unpaired) electrons. The molecule has 0 aromatic rings. The Balaban J connectivity index is 1.73. The molecule has 2 rings (SSSR count). The minimum atomic E-state index is -0.813. The third-order valence-electron chi connectivity index (χ3n) is 5.37. The fraction of sp³-hybridized carbons (Fsp3) is 0.944. The lowest BCUT2D eigenvalue weighted by Gasteiger charge is -2.39. The number of aliphatic imine (C=N–C) groups is 1. The molecular weight excluding hydrogens is 306 g/mol. The van der Waals surface area contributed by atoms with Crippen LogP contribution in [0.1, 0.15) is 65.7 Å². The maximum atomic E-state index is 12.1. The van der Waals surface area contributed by atoms with Crippen LogP contribution in [0.4, 0.5) is 0 Å². The molecule has 4 nitrogen and oxygen atoms in total. The fourth-order valence-electron chi connectivity index (χ4n) is 3.96. The quantitative estimate of drug-likeness (QED) is 0.610. The fourth-order valence-corrected chi connectivity index (χ4v) is 4.86. The maximum absolute atomic E-state index is 12.1. The lowest BCUT2D eigenvalue weighted by Crippen LogP contribution is -2.47. The summed E-state index contributed by atoms with van der Waals surface area (Å²) in [5, 5.41) is 6.93. The number of nitrogens with one attached hydrogen (secondary N) is 2. The Labute approximate surface area is 144 Å². The van der Waals surface area contributed by atoms with Crippen molar-refractivity contribution in [1.82, 2.24) is 10.6 Å². The number of hydrogen-bond donors (Lipinski definition) is 2. The van der Waals surface area contributed by atoms with E-state index in [0.717, 1.165) is 17.8 Å². The second kappa shape index (κ2) is 8.50. The van der Waals surface area contributed by atoms with Crippen LogP contribution in [-0.2, 0) is 10.8 Å². The molecule has 5 heteroatoms. The third kappa shape index (κ3) is 5.77. The molecule has 0 bridgehead atoms. The minimum Gasteiger partial charge on any atom is -0.355 e. The second-order valence-corrected chi connectivity index (χ2v) is 10.4. The van der Waals surface area contributed by atoms with E-state index in [9.17, 15) is 4.21 Å². The van der Waals surface area contributed by atoms with Crippen molar-refractivity contribution in [1.29, 1.82) is 0 Å². The summed E-state index contributed by atoms with van der Waals surface area (Å²) in [6.07, 6.45) is 9.64. The lowest BCUT2D eigenvalue weighted by molar-refractivity contribution is 0.150. The summed E-state index contributed by atoms with van der Waals surface area (Å²) in [6.45, 7) is 6.79. The van der Waals surface area contributed by atoms with E-state index in [1.165, 1.54) is 44.9 Å². The molecule has 2 aliphatic carbocycles. The van der Waals surface area contributed by atoms with E-state index in [-0.39, 0.29) is 4.75 Å². The van der Waals surface area contributed by atoms with Crippen LogP contribution in [0.25, 0.3) is 0 Å². The van der Waals surface area contributed by atoms with Gasteiger partial charge in [0.25, 0.3) is 0 Å². The van der Waals surface area contributed by atoms with Crippen molar-refractivity contribution in [2.24, 2.45) is 16.8 Å². The Kier molecular flexibility index (Phi) is 6.93. The monoisotopic (exact) mass is 341 g/mol. The molecule has 4 atom stereocenters. The van der Waals surface area contributed by atoms with Crippen LogP contribution < -0.4 is 10.6 Å². The lowest BCUT2D eigenvalue weighted by atomic mass is 9.69. The average Bonchev–Trinajstić information content (AvgIpc) is 2.52. The summed E-state index contributed by atoms with van der Waals surface area (Å²) in [4.78, 5) is 4.34. The van der Waals surface area contributed by atoms with Gasteiger partial charge in [0.15, 0.2) is 5.96 Å². The smallest absolute Gasteiger partial charge is 0.191 e. The minimum absolute atomic E-state index is 0.141. The summed E-state index contributed by atoms with van der Waals surface area (Å²) < 4.78 is 12.0. The number of guanidine groups is 1.